The van der Waals surface area contributed by atoms with Crippen LogP contribution in [0, 0.1) is 0 Å². The van der Waals surface area contributed by atoms with E-state index in [9.17, 15) is 9.90 Å². The predicted molar refractivity (Wildman–Crippen MR) is 174 cm³/mol. The van der Waals surface area contributed by atoms with Gasteiger partial charge in [-0.25, -0.2) is 0 Å². The molecular formula is C35H30N4O3S. The summed E-state index contributed by atoms with van der Waals surface area (Å²) in [5.74, 6) is -0.207. The number of benzene rings is 4. The number of nitrogens with zero attached hydrogens (tertiary/aromatic N) is 2. The van der Waals surface area contributed by atoms with Crippen LogP contribution in [0.4, 0.5) is 5.69 Å². The first-order chi connectivity index (χ1) is 20.7. The summed E-state index contributed by atoms with van der Waals surface area (Å²) in [5.41, 5.74) is 5.10. The third-order valence-electron chi connectivity index (χ3n) is 7.37. The molecule has 7 aromatic rings. The SMILES string of the molecule is CC(C)(C)OC(O)n1c(-c2ccc(NC(=O)c3cc(-c4cc5ccccc5s4)c4[nH]ncc4c3)cc2)cc2ccccc21. The quantitative estimate of drug-likeness (QED) is 0.170. The first-order valence-corrected chi connectivity index (χ1v) is 14.9. The van der Waals surface area contributed by atoms with Crippen LogP contribution in [0.2, 0.25) is 0 Å². The van der Waals surface area contributed by atoms with Crippen molar-refractivity contribution >= 4 is 54.8 Å². The van der Waals surface area contributed by atoms with E-state index in [2.05, 4.69) is 33.7 Å². The summed E-state index contributed by atoms with van der Waals surface area (Å²) in [6.45, 7) is 5.73. The van der Waals surface area contributed by atoms with Crippen molar-refractivity contribution in [2.24, 2.45) is 0 Å². The Bertz CT molecular complexity index is 2080. The van der Waals surface area contributed by atoms with E-state index in [-0.39, 0.29) is 5.91 Å². The summed E-state index contributed by atoms with van der Waals surface area (Å²) in [5, 5.41) is 24.5. The summed E-state index contributed by atoms with van der Waals surface area (Å²) in [4.78, 5) is 14.6. The number of ether oxygens (including phenoxy) is 1. The van der Waals surface area contributed by atoms with Crippen molar-refractivity contribution in [3.63, 3.8) is 0 Å². The number of para-hydroxylation sites is 1. The second-order valence-corrected chi connectivity index (χ2v) is 12.6. The lowest BCUT2D eigenvalue weighted by Gasteiger charge is -2.26. The number of anilines is 1. The Morgan fingerprint density at radius 2 is 1.67 bits per heavy atom. The number of carbonyl (C=O) groups excluding carboxylic acids is 1. The number of thiophene rings is 1. The molecule has 0 aliphatic carbocycles. The molecule has 0 aliphatic rings. The Labute approximate surface area is 252 Å². The van der Waals surface area contributed by atoms with Crippen LogP contribution in [-0.2, 0) is 4.74 Å². The standard InChI is InChI=1S/C35H30N4O3S/c1-35(2,3)42-34(41)39-28-10-6-4-8-22(28)18-29(39)21-12-14-26(15-13-21)37-33(40)24-16-25-20-36-38-32(25)27(17-24)31-19-23-9-5-7-11-30(23)43-31/h4-20,34,41H,1-3H3,(H,36,38)(H,37,40). The van der Waals surface area contributed by atoms with Gasteiger partial charge in [0.25, 0.3) is 5.91 Å². The van der Waals surface area contributed by atoms with E-state index in [1.807, 2.05) is 99.6 Å². The zero-order valence-corrected chi connectivity index (χ0v) is 24.8. The number of aliphatic hydroxyl groups excluding tert-OH is 1. The van der Waals surface area contributed by atoms with E-state index in [4.69, 9.17) is 4.74 Å². The monoisotopic (exact) mass is 586 g/mol. The van der Waals surface area contributed by atoms with Gasteiger partial charge in [0.1, 0.15) is 0 Å². The van der Waals surface area contributed by atoms with Gasteiger partial charge in [0.15, 0.2) is 0 Å². The van der Waals surface area contributed by atoms with Gasteiger partial charge in [-0.1, -0.05) is 48.5 Å². The van der Waals surface area contributed by atoms with Crippen molar-refractivity contribution in [1.82, 2.24) is 14.8 Å². The highest BCUT2D eigenvalue weighted by atomic mass is 32.1. The zero-order valence-electron chi connectivity index (χ0n) is 24.0. The number of rotatable bonds is 6. The third-order valence-corrected chi connectivity index (χ3v) is 8.52. The smallest absolute Gasteiger partial charge is 0.255 e. The fraction of sp³-hybridized carbons (Fsp3) is 0.143. The first kappa shape index (κ1) is 27.1. The van der Waals surface area contributed by atoms with Gasteiger partial charge in [-0.05, 0) is 80.3 Å². The summed E-state index contributed by atoms with van der Waals surface area (Å²) in [6.07, 6.45) is 0.580. The summed E-state index contributed by atoms with van der Waals surface area (Å²) in [7, 11) is 0. The van der Waals surface area contributed by atoms with Crippen LogP contribution < -0.4 is 5.32 Å². The zero-order chi connectivity index (χ0) is 29.7. The van der Waals surface area contributed by atoms with Crippen molar-refractivity contribution in [1.29, 1.82) is 0 Å². The molecule has 214 valence electrons. The highest BCUT2D eigenvalue weighted by Gasteiger charge is 2.23. The molecule has 7 rings (SSSR count). The second kappa shape index (κ2) is 10.5. The number of hydrogen-bond acceptors (Lipinski definition) is 5. The molecule has 0 saturated carbocycles. The maximum absolute atomic E-state index is 13.5. The number of hydrogen-bond donors (Lipinski definition) is 3. The predicted octanol–water partition coefficient (Wildman–Crippen LogP) is 8.58. The van der Waals surface area contributed by atoms with Crippen molar-refractivity contribution in [2.45, 2.75) is 32.8 Å². The number of H-pyrrole nitrogens is 1. The highest BCUT2D eigenvalue weighted by Crippen LogP contribution is 2.38. The molecule has 3 N–H and O–H groups in total. The minimum atomic E-state index is -1.16. The lowest BCUT2D eigenvalue weighted by Crippen LogP contribution is -2.26. The van der Waals surface area contributed by atoms with Gasteiger partial charge in [0, 0.05) is 37.2 Å². The van der Waals surface area contributed by atoms with Gasteiger partial charge in [-0.15, -0.1) is 11.3 Å². The van der Waals surface area contributed by atoms with Crippen LogP contribution in [0.5, 0.6) is 0 Å². The van der Waals surface area contributed by atoms with Crippen LogP contribution in [0.1, 0.15) is 37.5 Å². The van der Waals surface area contributed by atoms with Crippen LogP contribution in [0.25, 0.3) is 53.6 Å². The molecule has 0 fully saturated rings. The number of amides is 1. The van der Waals surface area contributed by atoms with E-state index in [0.717, 1.165) is 43.5 Å². The molecular weight excluding hydrogens is 556 g/mol. The number of fused-ring (bicyclic) bond motifs is 3. The molecule has 43 heavy (non-hydrogen) atoms. The molecule has 1 atom stereocenters. The molecule has 4 aromatic carbocycles. The topological polar surface area (TPSA) is 92.2 Å². The molecule has 0 radical (unpaired) electrons. The van der Waals surface area contributed by atoms with E-state index < -0.39 is 12.0 Å². The fourth-order valence-corrected chi connectivity index (χ4v) is 6.52. The van der Waals surface area contributed by atoms with Crippen molar-refractivity contribution < 1.29 is 14.6 Å². The number of nitrogens with one attached hydrogen (secondary N) is 2. The van der Waals surface area contributed by atoms with Gasteiger partial charge in [0.2, 0.25) is 6.41 Å². The van der Waals surface area contributed by atoms with Gasteiger partial charge < -0.3 is 15.2 Å². The Hall–Kier alpha value is -4.76. The molecule has 0 saturated heterocycles. The minimum Gasteiger partial charge on any atom is -0.351 e. The van der Waals surface area contributed by atoms with Gasteiger partial charge >= 0.3 is 0 Å². The Balaban J connectivity index is 1.19. The summed E-state index contributed by atoms with van der Waals surface area (Å²) in [6, 6.07) is 31.7. The molecule has 1 unspecified atom stereocenters. The highest BCUT2D eigenvalue weighted by molar-refractivity contribution is 7.22. The Morgan fingerprint density at radius 3 is 2.44 bits per heavy atom. The molecule has 3 aromatic heterocycles. The molecule has 0 aliphatic heterocycles. The van der Waals surface area contributed by atoms with Crippen LogP contribution in [0.15, 0.2) is 103 Å². The number of aromatic nitrogens is 3. The van der Waals surface area contributed by atoms with Gasteiger partial charge in [-0.3, -0.25) is 14.5 Å². The molecule has 3 heterocycles. The van der Waals surface area contributed by atoms with Crippen LogP contribution in [0.3, 0.4) is 0 Å². The summed E-state index contributed by atoms with van der Waals surface area (Å²) < 4.78 is 8.90. The lowest BCUT2D eigenvalue weighted by molar-refractivity contribution is -0.207. The number of carbonyl (C=O) groups is 1. The van der Waals surface area contributed by atoms with Crippen LogP contribution in [-0.4, -0.2) is 31.4 Å². The third kappa shape index (κ3) is 5.21. The van der Waals surface area contributed by atoms with Gasteiger partial charge in [-0.2, -0.15) is 5.10 Å². The lowest BCUT2D eigenvalue weighted by atomic mass is 10.0. The molecule has 0 bridgehead atoms. The fourth-order valence-electron chi connectivity index (χ4n) is 5.43. The largest absolute Gasteiger partial charge is 0.351 e. The maximum atomic E-state index is 13.5. The second-order valence-electron chi connectivity index (χ2n) is 11.6. The Morgan fingerprint density at radius 1 is 0.930 bits per heavy atom. The normalized spacial score (nSPS) is 12.7. The Kier molecular flexibility index (Phi) is 6.62. The van der Waals surface area contributed by atoms with Crippen molar-refractivity contribution in [3.8, 4) is 21.7 Å². The number of aliphatic hydroxyl groups is 1. The van der Waals surface area contributed by atoms with E-state index in [1.165, 1.54) is 10.1 Å². The first-order valence-electron chi connectivity index (χ1n) is 14.1. The maximum Gasteiger partial charge on any atom is 0.255 e. The van der Waals surface area contributed by atoms with Crippen LogP contribution >= 0.6 is 11.3 Å². The molecule has 8 heteroatoms. The molecule has 7 nitrogen and oxygen atoms in total. The molecule has 0 spiro atoms. The average Bonchev–Trinajstić information content (AvgIpc) is 3.72. The van der Waals surface area contributed by atoms with E-state index in [0.29, 0.717) is 11.3 Å². The minimum absolute atomic E-state index is 0.207. The summed E-state index contributed by atoms with van der Waals surface area (Å²) >= 11 is 1.69. The van der Waals surface area contributed by atoms with Crippen molar-refractivity contribution in [2.75, 3.05) is 5.32 Å². The van der Waals surface area contributed by atoms with Crippen molar-refractivity contribution in [3.05, 3.63) is 109 Å². The van der Waals surface area contributed by atoms with Gasteiger partial charge in [0.05, 0.1) is 28.5 Å². The molecule has 1 amide bonds. The number of aromatic amines is 1. The average molecular weight is 587 g/mol. The van der Waals surface area contributed by atoms with E-state index >= 15 is 0 Å². The van der Waals surface area contributed by atoms with E-state index in [1.54, 1.807) is 22.1 Å².